The van der Waals surface area contributed by atoms with Crippen LogP contribution >= 0.6 is 0 Å². The summed E-state index contributed by atoms with van der Waals surface area (Å²) in [7, 11) is 0. The SMILES string of the molecule is CCC(CC)C(O)C(O)c1ccc(C(C)C)cc1. The van der Waals surface area contributed by atoms with E-state index in [1.54, 1.807) is 0 Å². The van der Waals surface area contributed by atoms with Crippen molar-refractivity contribution in [1.29, 1.82) is 0 Å². The minimum Gasteiger partial charge on any atom is -0.390 e. The highest BCUT2D eigenvalue weighted by molar-refractivity contribution is 5.26. The Morgan fingerprint density at radius 1 is 0.889 bits per heavy atom. The molecule has 0 radical (unpaired) electrons. The first-order valence-electron chi connectivity index (χ1n) is 6.97. The summed E-state index contributed by atoms with van der Waals surface area (Å²) in [6.07, 6.45) is 0.318. The van der Waals surface area contributed by atoms with Crippen molar-refractivity contribution in [2.75, 3.05) is 0 Å². The lowest BCUT2D eigenvalue weighted by Gasteiger charge is -2.25. The van der Waals surface area contributed by atoms with Gasteiger partial charge < -0.3 is 10.2 Å². The lowest BCUT2D eigenvalue weighted by atomic mass is 9.89. The van der Waals surface area contributed by atoms with Crippen LogP contribution in [0.25, 0.3) is 0 Å². The number of aliphatic hydroxyl groups excluding tert-OH is 2. The second-order valence-corrected chi connectivity index (χ2v) is 5.33. The van der Waals surface area contributed by atoms with Crippen LogP contribution in [0, 0.1) is 5.92 Å². The fourth-order valence-corrected chi connectivity index (χ4v) is 2.30. The topological polar surface area (TPSA) is 40.5 Å². The van der Waals surface area contributed by atoms with Gasteiger partial charge in [0.2, 0.25) is 0 Å². The normalized spacial score (nSPS) is 15.1. The fourth-order valence-electron chi connectivity index (χ4n) is 2.30. The quantitative estimate of drug-likeness (QED) is 0.809. The van der Waals surface area contributed by atoms with Gasteiger partial charge in [0.25, 0.3) is 0 Å². The maximum Gasteiger partial charge on any atom is 0.105 e. The Kier molecular flexibility index (Phi) is 5.83. The van der Waals surface area contributed by atoms with E-state index in [1.807, 2.05) is 38.1 Å². The van der Waals surface area contributed by atoms with Gasteiger partial charge in [-0.2, -0.15) is 0 Å². The molecule has 102 valence electrons. The Morgan fingerprint density at radius 2 is 1.33 bits per heavy atom. The molecule has 0 spiro atoms. The van der Waals surface area contributed by atoms with Crippen molar-refractivity contribution in [3.63, 3.8) is 0 Å². The van der Waals surface area contributed by atoms with E-state index in [9.17, 15) is 10.2 Å². The second kappa shape index (κ2) is 6.91. The van der Waals surface area contributed by atoms with Crippen LogP contribution < -0.4 is 0 Å². The highest BCUT2D eigenvalue weighted by Crippen LogP contribution is 2.27. The lowest BCUT2D eigenvalue weighted by molar-refractivity contribution is -0.0209. The van der Waals surface area contributed by atoms with Crippen molar-refractivity contribution in [2.24, 2.45) is 5.92 Å². The average molecular weight is 250 g/mol. The smallest absolute Gasteiger partial charge is 0.105 e. The molecule has 2 heteroatoms. The molecule has 0 aliphatic heterocycles. The molecule has 1 aromatic rings. The summed E-state index contributed by atoms with van der Waals surface area (Å²) in [5, 5.41) is 20.4. The van der Waals surface area contributed by atoms with Gasteiger partial charge in [0.05, 0.1) is 6.10 Å². The molecule has 2 unspecified atom stereocenters. The molecule has 18 heavy (non-hydrogen) atoms. The minimum atomic E-state index is -0.781. The summed E-state index contributed by atoms with van der Waals surface area (Å²) < 4.78 is 0. The largest absolute Gasteiger partial charge is 0.390 e. The molecule has 2 N–H and O–H groups in total. The van der Waals surface area contributed by atoms with Gasteiger partial charge >= 0.3 is 0 Å². The zero-order valence-electron chi connectivity index (χ0n) is 11.9. The summed E-state index contributed by atoms with van der Waals surface area (Å²) in [6.45, 7) is 8.38. The molecule has 1 rings (SSSR count). The summed E-state index contributed by atoms with van der Waals surface area (Å²) in [6, 6.07) is 7.91. The maximum absolute atomic E-state index is 10.2. The molecule has 0 aliphatic carbocycles. The lowest BCUT2D eigenvalue weighted by Crippen LogP contribution is -2.27. The first-order valence-corrected chi connectivity index (χ1v) is 6.97. The zero-order chi connectivity index (χ0) is 13.7. The van der Waals surface area contributed by atoms with Gasteiger partial charge in [-0.15, -0.1) is 0 Å². The van der Waals surface area contributed by atoms with Crippen LogP contribution in [0.1, 0.15) is 63.7 Å². The van der Waals surface area contributed by atoms with E-state index >= 15 is 0 Å². The van der Waals surface area contributed by atoms with Gasteiger partial charge in [0, 0.05) is 0 Å². The Labute approximate surface area is 111 Å². The Morgan fingerprint density at radius 3 is 1.72 bits per heavy atom. The average Bonchev–Trinajstić information content (AvgIpc) is 2.39. The predicted molar refractivity (Wildman–Crippen MR) is 75.6 cm³/mol. The number of hydrogen-bond donors (Lipinski definition) is 2. The summed E-state index contributed by atoms with van der Waals surface area (Å²) in [5.41, 5.74) is 2.06. The molecule has 1 aromatic carbocycles. The standard InChI is InChI=1S/C16H26O2/c1-5-12(6-2)15(17)16(18)14-9-7-13(8-10-14)11(3)4/h7-12,15-18H,5-6H2,1-4H3. The summed E-state index contributed by atoms with van der Waals surface area (Å²) in [4.78, 5) is 0. The van der Waals surface area contributed by atoms with Crippen LogP contribution in [-0.2, 0) is 0 Å². The van der Waals surface area contributed by atoms with Crippen LogP contribution in [0.15, 0.2) is 24.3 Å². The molecule has 2 nitrogen and oxygen atoms in total. The van der Waals surface area contributed by atoms with Crippen LogP contribution in [0.5, 0.6) is 0 Å². The van der Waals surface area contributed by atoms with Crippen LogP contribution in [0.2, 0.25) is 0 Å². The second-order valence-electron chi connectivity index (χ2n) is 5.33. The molecular weight excluding hydrogens is 224 g/mol. The maximum atomic E-state index is 10.2. The summed E-state index contributed by atoms with van der Waals surface area (Å²) in [5.74, 6) is 0.643. The van der Waals surface area contributed by atoms with E-state index in [2.05, 4.69) is 13.8 Å². The number of hydrogen-bond acceptors (Lipinski definition) is 2. The highest BCUT2D eigenvalue weighted by atomic mass is 16.3. The Bertz CT molecular complexity index is 339. The first kappa shape index (κ1) is 15.2. The molecule has 0 heterocycles. The third-order valence-electron chi connectivity index (χ3n) is 3.80. The van der Waals surface area contributed by atoms with Crippen LogP contribution in [0.3, 0.4) is 0 Å². The first-order chi connectivity index (χ1) is 8.51. The molecule has 0 amide bonds. The molecule has 0 aromatic heterocycles. The molecule has 0 fully saturated rings. The van der Waals surface area contributed by atoms with E-state index in [1.165, 1.54) is 5.56 Å². The predicted octanol–water partition coefficient (Wildman–Crippen LogP) is 3.64. The van der Waals surface area contributed by atoms with E-state index in [0.717, 1.165) is 18.4 Å². The van der Waals surface area contributed by atoms with Gasteiger partial charge in [-0.1, -0.05) is 64.8 Å². The minimum absolute atomic E-state index is 0.157. The van der Waals surface area contributed by atoms with Gasteiger partial charge in [-0.3, -0.25) is 0 Å². The zero-order valence-corrected chi connectivity index (χ0v) is 11.9. The van der Waals surface area contributed by atoms with Gasteiger partial charge in [0.15, 0.2) is 0 Å². The number of rotatable bonds is 6. The number of benzene rings is 1. The molecular formula is C16H26O2. The van der Waals surface area contributed by atoms with Gasteiger partial charge in [-0.05, 0) is 23.0 Å². The van der Waals surface area contributed by atoms with E-state index in [4.69, 9.17) is 0 Å². The van der Waals surface area contributed by atoms with Crippen molar-refractivity contribution >= 4 is 0 Å². The van der Waals surface area contributed by atoms with Crippen molar-refractivity contribution in [3.05, 3.63) is 35.4 Å². The van der Waals surface area contributed by atoms with Gasteiger partial charge in [-0.25, -0.2) is 0 Å². The van der Waals surface area contributed by atoms with Crippen molar-refractivity contribution in [3.8, 4) is 0 Å². The highest BCUT2D eigenvalue weighted by Gasteiger charge is 2.24. The molecule has 0 saturated carbocycles. The van der Waals surface area contributed by atoms with E-state index in [-0.39, 0.29) is 5.92 Å². The van der Waals surface area contributed by atoms with Gasteiger partial charge in [0.1, 0.15) is 6.10 Å². The number of aliphatic hydroxyl groups is 2. The van der Waals surface area contributed by atoms with Crippen molar-refractivity contribution in [2.45, 2.75) is 58.7 Å². The Hall–Kier alpha value is -0.860. The van der Waals surface area contributed by atoms with Crippen LogP contribution in [0.4, 0.5) is 0 Å². The molecule has 0 saturated heterocycles. The van der Waals surface area contributed by atoms with Crippen molar-refractivity contribution in [1.82, 2.24) is 0 Å². The van der Waals surface area contributed by atoms with E-state index in [0.29, 0.717) is 5.92 Å². The molecule has 0 bridgehead atoms. The molecule has 2 atom stereocenters. The fraction of sp³-hybridized carbons (Fsp3) is 0.625. The Balaban J connectivity index is 2.80. The monoisotopic (exact) mass is 250 g/mol. The molecule has 0 aliphatic rings. The third-order valence-corrected chi connectivity index (χ3v) is 3.80. The summed E-state index contributed by atoms with van der Waals surface area (Å²) >= 11 is 0. The van der Waals surface area contributed by atoms with Crippen LogP contribution in [-0.4, -0.2) is 16.3 Å². The third kappa shape index (κ3) is 3.56. The van der Waals surface area contributed by atoms with E-state index < -0.39 is 12.2 Å². The van der Waals surface area contributed by atoms with Crippen molar-refractivity contribution < 1.29 is 10.2 Å².